The van der Waals surface area contributed by atoms with Crippen molar-refractivity contribution in [1.29, 1.82) is 0 Å². The molecule has 1 aromatic carbocycles. The molecule has 0 fully saturated rings. The van der Waals surface area contributed by atoms with E-state index in [0.717, 1.165) is 0 Å². The Bertz CT molecular complexity index is 634. The van der Waals surface area contributed by atoms with Gasteiger partial charge in [0.15, 0.2) is 5.82 Å². The Labute approximate surface area is 106 Å². The van der Waals surface area contributed by atoms with Gasteiger partial charge in [-0.1, -0.05) is 17.7 Å². The summed E-state index contributed by atoms with van der Waals surface area (Å²) in [5.74, 6) is -1.23. The van der Waals surface area contributed by atoms with Gasteiger partial charge in [-0.15, -0.1) is 0 Å². The molecule has 0 bridgehead atoms. The molecule has 0 atom stereocenters. The van der Waals surface area contributed by atoms with Gasteiger partial charge in [0.25, 0.3) is 5.91 Å². The third-order valence-corrected chi connectivity index (χ3v) is 2.54. The average Bonchev–Trinajstić information content (AvgIpc) is 2.36. The Morgan fingerprint density at radius 1 is 1.28 bits per heavy atom. The number of anilines is 1. The highest BCUT2D eigenvalue weighted by atomic mass is 35.5. The van der Waals surface area contributed by atoms with Crippen molar-refractivity contribution in [2.45, 2.75) is 0 Å². The minimum atomic E-state index is -0.697. The fraction of sp³-hybridized carbons (Fsp3) is 0. The normalized spacial score (nSPS) is 10.1. The van der Waals surface area contributed by atoms with Crippen LogP contribution in [0.15, 0.2) is 41.3 Å². The van der Waals surface area contributed by atoms with Gasteiger partial charge < -0.3 is 10.3 Å². The van der Waals surface area contributed by atoms with Crippen LogP contribution in [-0.2, 0) is 0 Å². The van der Waals surface area contributed by atoms with Gasteiger partial charge in [-0.25, -0.2) is 4.39 Å². The predicted octanol–water partition coefficient (Wildman–Crippen LogP) is 2.42. The van der Waals surface area contributed by atoms with Crippen LogP contribution in [0.25, 0.3) is 0 Å². The van der Waals surface area contributed by atoms with Crippen molar-refractivity contribution in [3.05, 3.63) is 63.3 Å². The number of pyridine rings is 1. The lowest BCUT2D eigenvalue weighted by Gasteiger charge is -2.06. The first-order valence-electron chi connectivity index (χ1n) is 5.02. The van der Waals surface area contributed by atoms with Crippen LogP contribution in [0.4, 0.5) is 10.1 Å². The average molecular weight is 267 g/mol. The Hall–Kier alpha value is -2.14. The molecule has 18 heavy (non-hydrogen) atoms. The van der Waals surface area contributed by atoms with E-state index >= 15 is 0 Å². The molecule has 0 spiro atoms. The highest BCUT2D eigenvalue weighted by Crippen LogP contribution is 2.22. The summed E-state index contributed by atoms with van der Waals surface area (Å²) in [5.41, 5.74) is -0.117. The van der Waals surface area contributed by atoms with Crippen LogP contribution in [0, 0.1) is 5.82 Å². The van der Waals surface area contributed by atoms with E-state index in [1.807, 2.05) is 0 Å². The van der Waals surface area contributed by atoms with Gasteiger partial charge in [0.05, 0.1) is 16.3 Å². The van der Waals surface area contributed by atoms with Crippen LogP contribution in [0.3, 0.4) is 0 Å². The molecule has 0 radical (unpaired) electrons. The van der Waals surface area contributed by atoms with Crippen molar-refractivity contribution < 1.29 is 9.18 Å². The first-order valence-corrected chi connectivity index (χ1v) is 5.40. The second-order valence-electron chi connectivity index (χ2n) is 3.50. The second kappa shape index (κ2) is 5.01. The third kappa shape index (κ3) is 2.57. The number of carbonyl (C=O) groups is 1. The van der Waals surface area contributed by atoms with Crippen molar-refractivity contribution in [3.63, 3.8) is 0 Å². The molecule has 2 rings (SSSR count). The number of hydrogen-bond acceptors (Lipinski definition) is 2. The number of carbonyl (C=O) groups excluding carboxylic acids is 1. The summed E-state index contributed by atoms with van der Waals surface area (Å²) in [4.78, 5) is 24.9. The summed E-state index contributed by atoms with van der Waals surface area (Å²) in [5, 5.41) is 2.29. The molecule has 2 N–H and O–H groups in total. The van der Waals surface area contributed by atoms with E-state index in [0.29, 0.717) is 0 Å². The van der Waals surface area contributed by atoms with E-state index < -0.39 is 11.7 Å². The number of hydrogen-bond donors (Lipinski definition) is 2. The zero-order valence-electron chi connectivity index (χ0n) is 9.04. The third-order valence-electron chi connectivity index (χ3n) is 2.25. The topological polar surface area (TPSA) is 62.0 Å². The molecule has 1 aromatic heterocycles. The fourth-order valence-corrected chi connectivity index (χ4v) is 1.52. The largest absolute Gasteiger partial charge is 0.328 e. The quantitative estimate of drug-likeness (QED) is 0.877. The number of aromatic nitrogens is 1. The van der Waals surface area contributed by atoms with Gasteiger partial charge in [0, 0.05) is 12.3 Å². The molecule has 2 aromatic rings. The molecule has 0 aliphatic carbocycles. The molecule has 92 valence electrons. The van der Waals surface area contributed by atoms with Crippen LogP contribution in [0.2, 0.25) is 5.02 Å². The van der Waals surface area contributed by atoms with E-state index in [2.05, 4.69) is 10.3 Å². The summed E-state index contributed by atoms with van der Waals surface area (Å²) >= 11 is 5.59. The number of amides is 1. The predicted molar refractivity (Wildman–Crippen MR) is 66.4 cm³/mol. The molecule has 1 heterocycles. The molecule has 0 aliphatic heterocycles. The lowest BCUT2D eigenvalue weighted by atomic mass is 10.2. The standard InChI is InChI=1S/C12H8ClFN2O2/c13-8-2-1-3-9(11(8)14)16-12(18)7-4-5-10(17)15-6-7/h1-6H,(H,15,17)(H,16,18). The van der Waals surface area contributed by atoms with Gasteiger partial charge in [-0.2, -0.15) is 0 Å². The highest BCUT2D eigenvalue weighted by Gasteiger charge is 2.11. The number of halogens is 2. The summed E-state index contributed by atoms with van der Waals surface area (Å²) in [6, 6.07) is 6.85. The maximum absolute atomic E-state index is 13.5. The van der Waals surface area contributed by atoms with Crippen LogP contribution in [0.5, 0.6) is 0 Å². The Morgan fingerprint density at radius 3 is 2.72 bits per heavy atom. The Balaban J connectivity index is 2.24. The van der Waals surface area contributed by atoms with Crippen LogP contribution < -0.4 is 10.9 Å². The number of H-pyrrole nitrogens is 1. The fourth-order valence-electron chi connectivity index (χ4n) is 1.35. The minimum absolute atomic E-state index is 0.0151. The van der Waals surface area contributed by atoms with Crippen molar-refractivity contribution in [2.75, 3.05) is 5.32 Å². The summed E-state index contributed by atoms with van der Waals surface area (Å²) < 4.78 is 13.5. The van der Waals surface area contributed by atoms with E-state index in [1.54, 1.807) is 0 Å². The zero-order chi connectivity index (χ0) is 13.1. The van der Waals surface area contributed by atoms with Crippen LogP contribution >= 0.6 is 11.6 Å². The van der Waals surface area contributed by atoms with E-state index in [4.69, 9.17) is 11.6 Å². The van der Waals surface area contributed by atoms with Crippen LogP contribution in [0.1, 0.15) is 10.4 Å². The molecule has 0 aliphatic rings. The maximum Gasteiger partial charge on any atom is 0.257 e. The van der Waals surface area contributed by atoms with Gasteiger partial charge in [0.2, 0.25) is 5.56 Å². The van der Waals surface area contributed by atoms with Crippen molar-refractivity contribution in [2.24, 2.45) is 0 Å². The molecule has 0 unspecified atom stereocenters. The number of nitrogens with one attached hydrogen (secondary N) is 2. The summed E-state index contributed by atoms with van der Waals surface area (Å²) in [6.07, 6.45) is 1.25. The number of benzene rings is 1. The molecule has 4 nitrogen and oxygen atoms in total. The molecular formula is C12H8ClFN2O2. The smallest absolute Gasteiger partial charge is 0.257 e. The molecule has 1 amide bonds. The molecule has 0 saturated heterocycles. The van der Waals surface area contributed by atoms with Gasteiger partial charge >= 0.3 is 0 Å². The maximum atomic E-state index is 13.5. The lowest BCUT2D eigenvalue weighted by molar-refractivity contribution is 0.102. The number of aromatic amines is 1. The minimum Gasteiger partial charge on any atom is -0.328 e. The van der Waals surface area contributed by atoms with Crippen molar-refractivity contribution in [3.8, 4) is 0 Å². The Kier molecular flexibility index (Phi) is 3.43. The number of rotatable bonds is 2. The SMILES string of the molecule is O=C(Nc1cccc(Cl)c1F)c1ccc(=O)[nH]c1. The first kappa shape index (κ1) is 12.3. The van der Waals surface area contributed by atoms with Gasteiger partial charge in [0.1, 0.15) is 0 Å². The van der Waals surface area contributed by atoms with Gasteiger partial charge in [-0.3, -0.25) is 9.59 Å². The van der Waals surface area contributed by atoms with E-state index in [9.17, 15) is 14.0 Å². The lowest BCUT2D eigenvalue weighted by Crippen LogP contribution is -2.15. The van der Waals surface area contributed by atoms with Gasteiger partial charge in [-0.05, 0) is 18.2 Å². The summed E-state index contributed by atoms with van der Waals surface area (Å²) in [7, 11) is 0. The van der Waals surface area contributed by atoms with Crippen molar-refractivity contribution in [1.82, 2.24) is 4.98 Å². The molecular weight excluding hydrogens is 259 g/mol. The summed E-state index contributed by atoms with van der Waals surface area (Å²) in [6.45, 7) is 0. The highest BCUT2D eigenvalue weighted by molar-refractivity contribution is 6.31. The van der Waals surface area contributed by atoms with E-state index in [1.165, 1.54) is 36.5 Å². The Morgan fingerprint density at radius 2 is 2.06 bits per heavy atom. The molecule has 0 saturated carbocycles. The van der Waals surface area contributed by atoms with Crippen molar-refractivity contribution >= 4 is 23.2 Å². The zero-order valence-corrected chi connectivity index (χ0v) is 9.79. The van der Waals surface area contributed by atoms with E-state index in [-0.39, 0.29) is 21.8 Å². The van der Waals surface area contributed by atoms with Crippen LogP contribution in [-0.4, -0.2) is 10.9 Å². The monoisotopic (exact) mass is 266 g/mol. The molecule has 6 heteroatoms. The second-order valence-corrected chi connectivity index (χ2v) is 3.90. The first-order chi connectivity index (χ1) is 8.58.